The highest BCUT2D eigenvalue weighted by Crippen LogP contribution is 2.43. The van der Waals surface area contributed by atoms with Gasteiger partial charge in [0.15, 0.2) is 11.4 Å². The summed E-state index contributed by atoms with van der Waals surface area (Å²) in [7, 11) is 0. The van der Waals surface area contributed by atoms with Gasteiger partial charge >= 0.3 is 6.03 Å². The summed E-state index contributed by atoms with van der Waals surface area (Å²) in [6.45, 7) is 5.04. The summed E-state index contributed by atoms with van der Waals surface area (Å²) in [6.07, 6.45) is 2.62. The van der Waals surface area contributed by atoms with E-state index in [-0.39, 0.29) is 30.8 Å². The maximum absolute atomic E-state index is 12.0. The van der Waals surface area contributed by atoms with E-state index < -0.39 is 6.29 Å². The fourth-order valence-electron chi connectivity index (χ4n) is 5.00. The van der Waals surface area contributed by atoms with Crippen molar-refractivity contribution in [2.75, 3.05) is 12.3 Å². The van der Waals surface area contributed by atoms with E-state index in [4.69, 9.17) is 9.47 Å². The van der Waals surface area contributed by atoms with Crippen LogP contribution in [0.2, 0.25) is 0 Å². The van der Waals surface area contributed by atoms with Crippen LogP contribution in [0.3, 0.4) is 0 Å². The minimum Gasteiger partial charge on any atom is -0.392 e. The van der Waals surface area contributed by atoms with Gasteiger partial charge in [0.1, 0.15) is 0 Å². The van der Waals surface area contributed by atoms with Crippen molar-refractivity contribution in [2.24, 2.45) is 5.92 Å². The number of rotatable bonds is 10. The number of carbonyl (C=O) groups excluding carboxylic acids is 1. The molecular formula is C33H36N4O4S. The third kappa shape index (κ3) is 7.35. The van der Waals surface area contributed by atoms with Crippen molar-refractivity contribution in [2.45, 2.75) is 50.7 Å². The fourth-order valence-corrected chi connectivity index (χ4v) is 5.97. The Morgan fingerprint density at radius 2 is 1.62 bits per heavy atom. The summed E-state index contributed by atoms with van der Waals surface area (Å²) in [5.41, 5.74) is 5.96. The van der Waals surface area contributed by atoms with E-state index in [0.29, 0.717) is 24.0 Å². The molecule has 42 heavy (non-hydrogen) atoms. The number of amides is 2. The molecule has 1 saturated heterocycles. The summed E-state index contributed by atoms with van der Waals surface area (Å²) in [5.74, 6) is 0.751. The van der Waals surface area contributed by atoms with Crippen LogP contribution in [0, 0.1) is 5.92 Å². The smallest absolute Gasteiger partial charge is 0.315 e. The molecule has 8 nitrogen and oxygen atoms in total. The number of urea groups is 1. The zero-order valence-corrected chi connectivity index (χ0v) is 24.6. The zero-order chi connectivity index (χ0) is 29.3. The van der Waals surface area contributed by atoms with E-state index >= 15 is 0 Å². The number of aliphatic hydroxyl groups is 1. The Kier molecular flexibility index (Phi) is 10.2. The molecule has 0 aliphatic carbocycles. The minimum absolute atomic E-state index is 0.000903. The predicted octanol–water partition coefficient (Wildman–Crippen LogP) is 6.04. The second-order valence-electron chi connectivity index (χ2n) is 10.2. The van der Waals surface area contributed by atoms with E-state index in [0.717, 1.165) is 33.4 Å². The highest BCUT2D eigenvalue weighted by molar-refractivity contribution is 7.99. The highest BCUT2D eigenvalue weighted by Gasteiger charge is 2.38. The molecule has 3 N–H and O–H groups in total. The lowest BCUT2D eigenvalue weighted by atomic mass is 9.91. The first kappa shape index (κ1) is 29.7. The van der Waals surface area contributed by atoms with Gasteiger partial charge in [-0.1, -0.05) is 91.5 Å². The lowest BCUT2D eigenvalue weighted by Crippen LogP contribution is -2.38. The van der Waals surface area contributed by atoms with Gasteiger partial charge in [-0.2, -0.15) is 0 Å². The van der Waals surface area contributed by atoms with Crippen molar-refractivity contribution < 1.29 is 19.4 Å². The number of nitrogens with zero attached hydrogens (tertiary/aromatic N) is 2. The molecule has 2 amide bonds. The quantitative estimate of drug-likeness (QED) is 0.154. The zero-order valence-electron chi connectivity index (χ0n) is 23.8. The number of nitrogens with one attached hydrogen (secondary N) is 2. The Balaban J connectivity index is 1.36. The van der Waals surface area contributed by atoms with Crippen molar-refractivity contribution in [1.82, 2.24) is 20.6 Å². The number of thioether (sulfide) groups is 1. The molecule has 9 heteroatoms. The lowest BCUT2D eigenvalue weighted by molar-refractivity contribution is -0.268. The molecule has 0 unspecified atom stereocenters. The third-order valence-electron chi connectivity index (χ3n) is 7.33. The SMILES string of the molecule is CCNC(=O)NCc1ccccc1-c1ccc([C@H]2O[C@@H](CSc3ncccn3)[C@@H](C)[C@@H](c3ccc(CO)cc3)O2)cc1. The Hall–Kier alpha value is -3.76. The van der Waals surface area contributed by atoms with Crippen LogP contribution in [0.1, 0.15) is 48.5 Å². The van der Waals surface area contributed by atoms with Crippen LogP contribution in [-0.4, -0.2) is 39.5 Å². The largest absolute Gasteiger partial charge is 0.392 e. The van der Waals surface area contributed by atoms with Crippen molar-refractivity contribution in [3.63, 3.8) is 0 Å². The molecule has 3 aromatic carbocycles. The molecule has 1 aliphatic heterocycles. The molecule has 1 aliphatic rings. The van der Waals surface area contributed by atoms with Gasteiger partial charge in [0, 0.05) is 42.7 Å². The Morgan fingerprint density at radius 1 is 0.905 bits per heavy atom. The molecule has 4 atom stereocenters. The number of benzene rings is 3. The standard InChI is InChI=1S/C33H36N4O4S/c1-3-34-32(39)37-19-27-7-4-5-8-28(27)24-13-15-26(16-14-24)31-40-29(21-42-33-35-17-6-18-36-33)22(2)30(41-31)25-11-9-23(20-38)10-12-25/h4-18,22,29-31,38H,3,19-21H2,1-2H3,(H2,34,37,39)/t22-,29+,30+,31+/m1/s1. The number of hydrogen-bond acceptors (Lipinski definition) is 7. The lowest BCUT2D eigenvalue weighted by Gasteiger charge is -2.41. The van der Waals surface area contributed by atoms with Crippen LogP contribution >= 0.6 is 11.8 Å². The maximum Gasteiger partial charge on any atom is 0.315 e. The summed E-state index contributed by atoms with van der Waals surface area (Å²) in [6, 6.07) is 25.8. The first-order valence-corrected chi connectivity index (χ1v) is 15.1. The molecule has 5 rings (SSSR count). The molecule has 0 bridgehead atoms. The average molecular weight is 585 g/mol. The van der Waals surface area contributed by atoms with Gasteiger partial charge in [-0.15, -0.1) is 0 Å². The van der Waals surface area contributed by atoms with Gasteiger partial charge in [0.25, 0.3) is 0 Å². The Bertz CT molecular complexity index is 1440. The topological polar surface area (TPSA) is 106 Å². The molecule has 1 aromatic heterocycles. The van der Waals surface area contributed by atoms with Crippen molar-refractivity contribution in [1.29, 1.82) is 0 Å². The molecule has 4 aromatic rings. The van der Waals surface area contributed by atoms with Gasteiger partial charge in [0.2, 0.25) is 0 Å². The second kappa shape index (κ2) is 14.4. The molecule has 0 radical (unpaired) electrons. The molecule has 218 valence electrons. The van der Waals surface area contributed by atoms with E-state index in [2.05, 4.69) is 45.7 Å². The monoisotopic (exact) mass is 584 g/mol. The number of carbonyl (C=O) groups is 1. The van der Waals surface area contributed by atoms with E-state index in [9.17, 15) is 9.90 Å². The van der Waals surface area contributed by atoms with Gasteiger partial charge < -0.3 is 25.2 Å². The summed E-state index contributed by atoms with van der Waals surface area (Å²) >= 11 is 1.57. The summed E-state index contributed by atoms with van der Waals surface area (Å²) in [4.78, 5) is 20.7. The second-order valence-corrected chi connectivity index (χ2v) is 11.1. The van der Waals surface area contributed by atoms with E-state index in [1.165, 1.54) is 0 Å². The normalized spacial score (nSPS) is 20.2. The average Bonchev–Trinajstić information content (AvgIpc) is 3.04. The van der Waals surface area contributed by atoms with E-state index in [1.54, 1.807) is 24.2 Å². The molecule has 2 heterocycles. The van der Waals surface area contributed by atoms with Crippen LogP contribution in [0.4, 0.5) is 4.79 Å². The van der Waals surface area contributed by atoms with Crippen LogP contribution in [-0.2, 0) is 22.6 Å². The van der Waals surface area contributed by atoms with Crippen molar-refractivity contribution in [3.05, 3.63) is 114 Å². The Labute approximate surface area is 250 Å². The number of aliphatic hydroxyl groups excluding tert-OH is 1. The van der Waals surface area contributed by atoms with Crippen molar-refractivity contribution >= 4 is 17.8 Å². The van der Waals surface area contributed by atoms with Crippen LogP contribution in [0.15, 0.2) is 96.4 Å². The fraction of sp³-hybridized carbons (Fsp3) is 0.303. The highest BCUT2D eigenvalue weighted by atomic mass is 32.2. The Morgan fingerprint density at radius 3 is 2.33 bits per heavy atom. The number of aromatic nitrogens is 2. The molecule has 1 fully saturated rings. The first-order valence-electron chi connectivity index (χ1n) is 14.2. The van der Waals surface area contributed by atoms with Gasteiger partial charge in [0.05, 0.1) is 18.8 Å². The molecule has 0 saturated carbocycles. The summed E-state index contributed by atoms with van der Waals surface area (Å²) < 4.78 is 13.2. The minimum atomic E-state index is -0.560. The van der Waals surface area contributed by atoms with Crippen molar-refractivity contribution in [3.8, 4) is 11.1 Å². The van der Waals surface area contributed by atoms with Crippen LogP contribution < -0.4 is 10.6 Å². The summed E-state index contributed by atoms with van der Waals surface area (Å²) in [5, 5.41) is 15.9. The number of ether oxygens (including phenoxy) is 2. The predicted molar refractivity (Wildman–Crippen MR) is 164 cm³/mol. The maximum atomic E-state index is 12.0. The third-order valence-corrected chi connectivity index (χ3v) is 8.29. The number of hydrogen-bond donors (Lipinski definition) is 3. The molecular weight excluding hydrogens is 548 g/mol. The van der Waals surface area contributed by atoms with Gasteiger partial charge in [-0.25, -0.2) is 14.8 Å². The molecule has 0 spiro atoms. The van der Waals surface area contributed by atoms with Crippen LogP contribution in [0.25, 0.3) is 11.1 Å². The van der Waals surface area contributed by atoms with Gasteiger partial charge in [-0.3, -0.25) is 0 Å². The first-order chi connectivity index (χ1) is 20.6. The van der Waals surface area contributed by atoms with Crippen LogP contribution in [0.5, 0.6) is 0 Å². The van der Waals surface area contributed by atoms with Gasteiger partial charge in [-0.05, 0) is 40.8 Å². The van der Waals surface area contributed by atoms with E-state index in [1.807, 2.05) is 67.6 Å².